The van der Waals surface area contributed by atoms with E-state index >= 15 is 0 Å². The average molecular weight is 370 g/mol. The molecule has 0 aromatic carbocycles. The Bertz CT molecular complexity index is 661. The van der Waals surface area contributed by atoms with E-state index in [1.807, 2.05) is 4.57 Å². The Labute approximate surface area is 151 Å². The van der Waals surface area contributed by atoms with E-state index in [0.29, 0.717) is 12.5 Å². The molecule has 2 fully saturated rings. The van der Waals surface area contributed by atoms with Gasteiger partial charge < -0.3 is 14.2 Å². The summed E-state index contributed by atoms with van der Waals surface area (Å²) in [5, 5.41) is 0.244. The van der Waals surface area contributed by atoms with Gasteiger partial charge in [0.2, 0.25) is 15.0 Å². The number of sulfone groups is 1. The second kappa shape index (κ2) is 8.18. The molecule has 0 N–H and O–H groups in total. The van der Waals surface area contributed by atoms with Gasteiger partial charge in [-0.1, -0.05) is 13.3 Å². The minimum absolute atomic E-state index is 0.101. The van der Waals surface area contributed by atoms with Gasteiger partial charge in [0.1, 0.15) is 0 Å². The van der Waals surface area contributed by atoms with Crippen molar-refractivity contribution in [1.29, 1.82) is 0 Å². The highest BCUT2D eigenvalue weighted by atomic mass is 32.2. The zero-order chi connectivity index (χ0) is 17.9. The third-order valence-corrected chi connectivity index (χ3v) is 6.86. The van der Waals surface area contributed by atoms with Crippen molar-refractivity contribution in [3.05, 3.63) is 11.9 Å². The average Bonchev–Trinajstić information content (AvgIpc) is 3.06. The highest BCUT2D eigenvalue weighted by molar-refractivity contribution is 7.91. The molecule has 25 heavy (non-hydrogen) atoms. The van der Waals surface area contributed by atoms with Crippen LogP contribution in [0.5, 0.6) is 0 Å². The molecule has 1 saturated heterocycles. The highest BCUT2D eigenvalue weighted by Gasteiger charge is 2.33. The molecule has 2 heterocycles. The molecule has 2 aliphatic rings. The summed E-state index contributed by atoms with van der Waals surface area (Å²) in [6.07, 6.45) is 8.24. The third kappa shape index (κ3) is 5.05. The van der Waals surface area contributed by atoms with Crippen LogP contribution in [0.4, 0.5) is 0 Å². The summed E-state index contributed by atoms with van der Waals surface area (Å²) in [4.78, 5) is 6.58. The fraction of sp³-hybridized carbons (Fsp3) is 0.833. The first-order valence-corrected chi connectivity index (χ1v) is 11.2. The molecule has 1 aromatic heterocycles. The Morgan fingerprint density at radius 2 is 2.16 bits per heavy atom. The molecular formula is C18H31N3O3S. The van der Waals surface area contributed by atoms with E-state index in [2.05, 4.69) is 23.9 Å². The van der Waals surface area contributed by atoms with Crippen LogP contribution in [0.25, 0.3) is 0 Å². The first-order chi connectivity index (χ1) is 12.0. The van der Waals surface area contributed by atoms with Gasteiger partial charge in [-0.15, -0.1) is 0 Å². The number of unbranched alkanes of at least 4 members (excludes halogenated alkanes) is 1. The number of imidazole rings is 1. The van der Waals surface area contributed by atoms with E-state index in [4.69, 9.17) is 4.74 Å². The normalized spacial score (nSPS) is 21.3. The van der Waals surface area contributed by atoms with E-state index < -0.39 is 9.84 Å². The molecule has 0 bridgehead atoms. The van der Waals surface area contributed by atoms with E-state index in [9.17, 15) is 8.42 Å². The van der Waals surface area contributed by atoms with Crippen LogP contribution in [0.2, 0.25) is 0 Å². The first kappa shape index (κ1) is 18.9. The number of rotatable bonds is 10. The van der Waals surface area contributed by atoms with Crippen molar-refractivity contribution in [1.82, 2.24) is 14.5 Å². The van der Waals surface area contributed by atoms with Gasteiger partial charge in [0, 0.05) is 13.2 Å². The maximum atomic E-state index is 12.8. The fourth-order valence-electron chi connectivity index (χ4n) is 3.41. The molecule has 142 valence electrons. The molecule has 1 aliphatic carbocycles. The Hall–Kier alpha value is -0.920. The van der Waals surface area contributed by atoms with Gasteiger partial charge in [-0.3, -0.25) is 0 Å². The minimum atomic E-state index is -3.32. The Balaban J connectivity index is 1.80. The molecule has 0 radical (unpaired) electrons. The summed E-state index contributed by atoms with van der Waals surface area (Å²) < 4.78 is 33.3. The lowest BCUT2D eigenvalue weighted by Gasteiger charge is -2.20. The lowest BCUT2D eigenvalue weighted by Crippen LogP contribution is -2.26. The minimum Gasteiger partial charge on any atom is -0.376 e. The highest BCUT2D eigenvalue weighted by Crippen LogP contribution is 2.32. The topological polar surface area (TPSA) is 64.4 Å². The summed E-state index contributed by atoms with van der Waals surface area (Å²) in [5.74, 6) is 0.564. The Morgan fingerprint density at radius 1 is 1.36 bits per heavy atom. The SMILES string of the molecule is CCCCN(C)Cc1cnc(S(=O)(=O)CC2CC2)n1CC1CCCO1. The molecular weight excluding hydrogens is 338 g/mol. The van der Waals surface area contributed by atoms with Crippen LogP contribution in [0.1, 0.15) is 51.1 Å². The van der Waals surface area contributed by atoms with Gasteiger partial charge >= 0.3 is 0 Å². The first-order valence-electron chi connectivity index (χ1n) is 9.57. The van der Waals surface area contributed by atoms with Crippen molar-refractivity contribution in [2.75, 3.05) is 26.0 Å². The van der Waals surface area contributed by atoms with Crippen LogP contribution < -0.4 is 0 Å². The number of hydrogen-bond acceptors (Lipinski definition) is 5. The van der Waals surface area contributed by atoms with Gasteiger partial charge in [0.05, 0.1) is 30.3 Å². The van der Waals surface area contributed by atoms with Gasteiger partial charge in [-0.25, -0.2) is 13.4 Å². The van der Waals surface area contributed by atoms with E-state index in [1.54, 1.807) is 6.20 Å². The second-order valence-electron chi connectivity index (χ2n) is 7.59. The van der Waals surface area contributed by atoms with E-state index in [0.717, 1.165) is 63.9 Å². The molecule has 1 unspecified atom stereocenters. The smallest absolute Gasteiger partial charge is 0.227 e. The van der Waals surface area contributed by atoms with Crippen LogP contribution in [0.3, 0.4) is 0 Å². The molecule has 6 nitrogen and oxygen atoms in total. The van der Waals surface area contributed by atoms with Crippen molar-refractivity contribution >= 4 is 9.84 Å². The quantitative estimate of drug-likeness (QED) is 0.634. The van der Waals surface area contributed by atoms with Crippen LogP contribution in [0, 0.1) is 5.92 Å². The van der Waals surface area contributed by atoms with Crippen LogP contribution >= 0.6 is 0 Å². The molecule has 1 saturated carbocycles. The molecule has 0 spiro atoms. The van der Waals surface area contributed by atoms with Crippen molar-refractivity contribution in [3.63, 3.8) is 0 Å². The third-order valence-electron chi connectivity index (χ3n) is 5.07. The van der Waals surface area contributed by atoms with Crippen molar-refractivity contribution in [2.24, 2.45) is 5.92 Å². The van der Waals surface area contributed by atoms with Crippen LogP contribution in [-0.2, 0) is 27.7 Å². The van der Waals surface area contributed by atoms with Gasteiger partial charge in [0.25, 0.3) is 0 Å². The number of nitrogens with zero attached hydrogens (tertiary/aromatic N) is 3. The standard InChI is InChI=1S/C18H31N3O3S/c1-3-4-9-20(2)12-16-11-19-18(25(22,23)14-15-7-8-15)21(16)13-17-6-5-10-24-17/h11,15,17H,3-10,12-14H2,1-2H3. The van der Waals surface area contributed by atoms with Gasteiger partial charge in [0.15, 0.2) is 0 Å². The van der Waals surface area contributed by atoms with Crippen molar-refractivity contribution < 1.29 is 13.2 Å². The van der Waals surface area contributed by atoms with Gasteiger partial charge in [-0.05, 0) is 51.6 Å². The number of ether oxygens (including phenoxy) is 1. The lowest BCUT2D eigenvalue weighted by atomic mass is 10.2. The molecule has 1 aliphatic heterocycles. The zero-order valence-corrected chi connectivity index (χ0v) is 16.3. The van der Waals surface area contributed by atoms with Gasteiger partial charge in [-0.2, -0.15) is 0 Å². The number of aromatic nitrogens is 2. The van der Waals surface area contributed by atoms with Crippen LogP contribution in [0.15, 0.2) is 11.4 Å². The summed E-state index contributed by atoms with van der Waals surface area (Å²) in [6.45, 7) is 5.27. The monoisotopic (exact) mass is 369 g/mol. The predicted molar refractivity (Wildman–Crippen MR) is 97.2 cm³/mol. The molecule has 0 amide bonds. The molecule has 1 aromatic rings. The largest absolute Gasteiger partial charge is 0.376 e. The summed E-state index contributed by atoms with van der Waals surface area (Å²) in [7, 11) is -1.24. The van der Waals surface area contributed by atoms with Crippen molar-refractivity contribution in [2.45, 2.75) is 69.8 Å². The summed E-state index contributed by atoms with van der Waals surface area (Å²) >= 11 is 0. The number of hydrogen-bond donors (Lipinski definition) is 0. The van der Waals surface area contributed by atoms with Crippen molar-refractivity contribution in [3.8, 4) is 0 Å². The molecule has 3 rings (SSSR count). The maximum Gasteiger partial charge on any atom is 0.227 e. The molecule has 1 atom stereocenters. The Morgan fingerprint density at radius 3 is 2.80 bits per heavy atom. The summed E-state index contributed by atoms with van der Waals surface area (Å²) in [6, 6.07) is 0. The van der Waals surface area contributed by atoms with Crippen LogP contribution in [-0.4, -0.2) is 54.9 Å². The summed E-state index contributed by atoms with van der Waals surface area (Å²) in [5.41, 5.74) is 0.975. The van der Waals surface area contributed by atoms with E-state index in [-0.39, 0.29) is 17.0 Å². The zero-order valence-electron chi connectivity index (χ0n) is 15.5. The predicted octanol–water partition coefficient (Wildman–Crippen LogP) is 2.48. The Kier molecular flexibility index (Phi) is 6.17. The molecule has 7 heteroatoms. The second-order valence-corrected chi connectivity index (χ2v) is 9.52. The fourth-order valence-corrected chi connectivity index (χ4v) is 5.25. The lowest BCUT2D eigenvalue weighted by molar-refractivity contribution is 0.0934. The maximum absolute atomic E-state index is 12.8. The van der Waals surface area contributed by atoms with E-state index in [1.165, 1.54) is 0 Å².